The smallest absolute Gasteiger partial charge is 0.250 e. The standard InChI is InChI=1S/C16H17N3O3S2/c20-8-7-18-24(21,22)15-4-3-14(23-15)11-5-6-17-16-12(11)9-13(19-16)10-1-2-10/h3-6,9-10,18,20H,1-2,7-8H2,(H,17,19). The van der Waals surface area contributed by atoms with Gasteiger partial charge in [-0.15, -0.1) is 11.3 Å². The van der Waals surface area contributed by atoms with Gasteiger partial charge in [-0.25, -0.2) is 18.1 Å². The van der Waals surface area contributed by atoms with Crippen molar-refractivity contribution in [1.82, 2.24) is 14.7 Å². The maximum absolute atomic E-state index is 12.2. The van der Waals surface area contributed by atoms with Crippen LogP contribution in [0.25, 0.3) is 21.5 Å². The Bertz CT molecular complexity index is 987. The molecule has 0 atom stereocenters. The third kappa shape index (κ3) is 2.86. The number of hydrogen-bond acceptors (Lipinski definition) is 5. The lowest BCUT2D eigenvalue weighted by Crippen LogP contribution is -2.25. The molecule has 0 bridgehead atoms. The highest BCUT2D eigenvalue weighted by Crippen LogP contribution is 2.42. The lowest BCUT2D eigenvalue weighted by molar-refractivity contribution is 0.301. The van der Waals surface area contributed by atoms with Gasteiger partial charge in [0.05, 0.1) is 6.61 Å². The summed E-state index contributed by atoms with van der Waals surface area (Å²) in [6.45, 7) is -0.215. The summed E-state index contributed by atoms with van der Waals surface area (Å²) in [4.78, 5) is 8.64. The third-order valence-corrected chi connectivity index (χ3v) is 7.16. The molecule has 3 aromatic heterocycles. The van der Waals surface area contributed by atoms with Crippen LogP contribution in [-0.4, -0.2) is 36.6 Å². The van der Waals surface area contributed by atoms with Gasteiger partial charge in [-0.1, -0.05) is 0 Å². The van der Waals surface area contributed by atoms with Crippen LogP contribution in [0.2, 0.25) is 0 Å². The summed E-state index contributed by atoms with van der Waals surface area (Å²) < 4.78 is 27.0. The SMILES string of the molecule is O=S(=O)(NCCO)c1ccc(-c2ccnc3[nH]c(C4CC4)cc23)s1. The zero-order chi connectivity index (χ0) is 16.7. The number of aliphatic hydroxyl groups is 1. The van der Waals surface area contributed by atoms with Crippen molar-refractivity contribution >= 4 is 32.4 Å². The molecule has 1 saturated carbocycles. The molecule has 6 nitrogen and oxygen atoms in total. The molecular weight excluding hydrogens is 346 g/mol. The lowest BCUT2D eigenvalue weighted by Gasteiger charge is -2.02. The van der Waals surface area contributed by atoms with E-state index in [2.05, 4.69) is 20.8 Å². The summed E-state index contributed by atoms with van der Waals surface area (Å²) in [6.07, 6.45) is 4.16. The molecule has 0 radical (unpaired) electrons. The van der Waals surface area contributed by atoms with Crippen molar-refractivity contribution in [3.05, 3.63) is 36.2 Å². The van der Waals surface area contributed by atoms with Crippen molar-refractivity contribution < 1.29 is 13.5 Å². The van der Waals surface area contributed by atoms with Crippen molar-refractivity contribution in [2.45, 2.75) is 23.0 Å². The number of hydrogen-bond donors (Lipinski definition) is 3. The number of aromatic amines is 1. The monoisotopic (exact) mass is 363 g/mol. The first-order chi connectivity index (χ1) is 11.6. The first kappa shape index (κ1) is 15.8. The van der Waals surface area contributed by atoms with E-state index in [1.165, 1.54) is 29.9 Å². The molecule has 1 fully saturated rings. The van der Waals surface area contributed by atoms with Gasteiger partial charge in [0.1, 0.15) is 9.86 Å². The highest BCUT2D eigenvalue weighted by atomic mass is 32.2. The highest BCUT2D eigenvalue weighted by molar-refractivity contribution is 7.91. The molecule has 1 aliphatic carbocycles. The summed E-state index contributed by atoms with van der Waals surface area (Å²) in [7, 11) is -3.58. The summed E-state index contributed by atoms with van der Waals surface area (Å²) in [6, 6.07) is 7.46. The van der Waals surface area contributed by atoms with Crippen molar-refractivity contribution in [3.63, 3.8) is 0 Å². The van der Waals surface area contributed by atoms with Gasteiger partial charge in [0.2, 0.25) is 10.0 Å². The number of nitrogens with one attached hydrogen (secondary N) is 2. The van der Waals surface area contributed by atoms with Gasteiger partial charge in [0.25, 0.3) is 0 Å². The molecule has 0 unspecified atom stereocenters. The number of thiophene rings is 1. The molecule has 126 valence electrons. The average molecular weight is 363 g/mol. The van der Waals surface area contributed by atoms with Crippen LogP contribution in [0.1, 0.15) is 24.5 Å². The number of fused-ring (bicyclic) bond motifs is 1. The number of sulfonamides is 1. The fraction of sp³-hybridized carbons (Fsp3) is 0.312. The number of rotatable bonds is 6. The molecule has 3 heterocycles. The Morgan fingerprint density at radius 3 is 2.92 bits per heavy atom. The van der Waals surface area contributed by atoms with Crippen LogP contribution in [0.4, 0.5) is 0 Å². The van der Waals surface area contributed by atoms with E-state index < -0.39 is 10.0 Å². The molecule has 3 aromatic rings. The molecule has 0 amide bonds. The van der Waals surface area contributed by atoms with E-state index in [4.69, 9.17) is 5.11 Å². The highest BCUT2D eigenvalue weighted by Gasteiger charge is 2.26. The van der Waals surface area contributed by atoms with Crippen LogP contribution in [0, 0.1) is 0 Å². The van der Waals surface area contributed by atoms with E-state index in [-0.39, 0.29) is 17.4 Å². The van der Waals surface area contributed by atoms with E-state index in [0.29, 0.717) is 5.92 Å². The molecule has 8 heteroatoms. The lowest BCUT2D eigenvalue weighted by atomic mass is 10.1. The van der Waals surface area contributed by atoms with Crippen molar-refractivity contribution in [2.24, 2.45) is 0 Å². The fourth-order valence-electron chi connectivity index (χ4n) is 2.74. The van der Waals surface area contributed by atoms with Crippen molar-refractivity contribution in [3.8, 4) is 10.4 Å². The zero-order valence-electron chi connectivity index (χ0n) is 12.8. The normalized spacial score (nSPS) is 15.2. The molecule has 0 aromatic carbocycles. The minimum absolute atomic E-state index is 0.0115. The van der Waals surface area contributed by atoms with Gasteiger partial charge in [0, 0.05) is 34.3 Å². The van der Waals surface area contributed by atoms with Gasteiger partial charge in [-0.05, 0) is 43.0 Å². The quantitative estimate of drug-likeness (QED) is 0.627. The number of aliphatic hydroxyl groups excluding tert-OH is 1. The van der Waals surface area contributed by atoms with Crippen LogP contribution >= 0.6 is 11.3 Å². The molecular formula is C16H17N3O3S2. The largest absolute Gasteiger partial charge is 0.395 e. The minimum atomic E-state index is -3.58. The van der Waals surface area contributed by atoms with Gasteiger partial charge in [-0.2, -0.15) is 0 Å². The Labute approximate surface area is 143 Å². The summed E-state index contributed by atoms with van der Waals surface area (Å²) >= 11 is 1.22. The second-order valence-corrected chi connectivity index (χ2v) is 8.94. The summed E-state index contributed by atoms with van der Waals surface area (Å²) in [5.41, 5.74) is 3.03. The zero-order valence-corrected chi connectivity index (χ0v) is 14.5. The molecule has 0 spiro atoms. The predicted molar refractivity (Wildman–Crippen MR) is 93.7 cm³/mol. The van der Waals surface area contributed by atoms with Gasteiger partial charge in [-0.3, -0.25) is 0 Å². The molecule has 3 N–H and O–H groups in total. The van der Waals surface area contributed by atoms with Gasteiger partial charge in [0.15, 0.2) is 0 Å². The molecule has 24 heavy (non-hydrogen) atoms. The number of pyridine rings is 1. The van der Waals surface area contributed by atoms with Crippen LogP contribution < -0.4 is 4.72 Å². The van der Waals surface area contributed by atoms with Crippen LogP contribution in [-0.2, 0) is 10.0 Å². The van der Waals surface area contributed by atoms with Crippen molar-refractivity contribution in [2.75, 3.05) is 13.2 Å². The Balaban J connectivity index is 1.73. The summed E-state index contributed by atoms with van der Waals surface area (Å²) in [5, 5.41) is 9.82. The number of H-pyrrole nitrogens is 1. The molecule has 4 rings (SSSR count). The second kappa shape index (κ2) is 5.96. The first-order valence-electron chi connectivity index (χ1n) is 7.77. The van der Waals surface area contributed by atoms with E-state index in [1.54, 1.807) is 12.3 Å². The fourth-order valence-corrected chi connectivity index (χ4v) is 5.15. The van der Waals surface area contributed by atoms with E-state index >= 15 is 0 Å². The first-order valence-corrected chi connectivity index (χ1v) is 10.1. The van der Waals surface area contributed by atoms with Crippen LogP contribution in [0.15, 0.2) is 34.7 Å². The Kier molecular flexibility index (Phi) is 3.92. The van der Waals surface area contributed by atoms with E-state index in [9.17, 15) is 8.42 Å². The van der Waals surface area contributed by atoms with E-state index in [0.717, 1.165) is 21.5 Å². The van der Waals surface area contributed by atoms with Gasteiger partial charge < -0.3 is 10.1 Å². The van der Waals surface area contributed by atoms with Crippen molar-refractivity contribution in [1.29, 1.82) is 0 Å². The maximum Gasteiger partial charge on any atom is 0.250 e. The summed E-state index contributed by atoms with van der Waals surface area (Å²) in [5.74, 6) is 0.606. The van der Waals surface area contributed by atoms with Crippen LogP contribution in [0.3, 0.4) is 0 Å². The van der Waals surface area contributed by atoms with Gasteiger partial charge >= 0.3 is 0 Å². The van der Waals surface area contributed by atoms with Crippen LogP contribution in [0.5, 0.6) is 0 Å². The number of nitrogens with zero attached hydrogens (tertiary/aromatic N) is 1. The average Bonchev–Trinajstić information content (AvgIpc) is 3.13. The Morgan fingerprint density at radius 1 is 1.33 bits per heavy atom. The topological polar surface area (TPSA) is 95.1 Å². The Hall–Kier alpha value is -1.74. The Morgan fingerprint density at radius 2 is 2.17 bits per heavy atom. The molecule has 1 aliphatic rings. The molecule has 0 aliphatic heterocycles. The number of aromatic nitrogens is 2. The minimum Gasteiger partial charge on any atom is -0.395 e. The predicted octanol–water partition coefficient (Wildman–Crippen LogP) is 2.44. The third-order valence-electron chi connectivity index (χ3n) is 4.09. The second-order valence-electron chi connectivity index (χ2n) is 5.86. The molecule has 0 saturated heterocycles. The maximum atomic E-state index is 12.2. The van der Waals surface area contributed by atoms with E-state index in [1.807, 2.05) is 12.1 Å².